The normalized spacial score (nSPS) is 10.2. The maximum atomic E-state index is 12.1. The van der Waals surface area contributed by atoms with Crippen LogP contribution in [0.15, 0.2) is 60.9 Å². The molecule has 154 valence electrons. The summed E-state index contributed by atoms with van der Waals surface area (Å²) in [5.74, 6) is 0.178. The Bertz CT molecular complexity index is 1010. The van der Waals surface area contributed by atoms with E-state index in [1.165, 1.54) is 6.20 Å². The van der Waals surface area contributed by atoms with E-state index >= 15 is 0 Å². The van der Waals surface area contributed by atoms with Crippen molar-refractivity contribution in [3.8, 4) is 11.6 Å². The molecule has 2 N–H and O–H groups in total. The SMILES string of the molecule is CN(C)c1ccc(CNC(=O)C(=O)Nc2ccc(Oc3ccc(Cl)cc3)nc2)cn1. The molecule has 9 heteroatoms. The number of nitrogens with one attached hydrogen (secondary N) is 2. The van der Waals surface area contributed by atoms with Crippen molar-refractivity contribution in [2.45, 2.75) is 6.54 Å². The number of anilines is 2. The number of aromatic nitrogens is 2. The molecule has 0 unspecified atom stereocenters. The average molecular weight is 426 g/mol. The fourth-order valence-electron chi connectivity index (χ4n) is 2.37. The molecule has 0 aliphatic heterocycles. The van der Waals surface area contributed by atoms with Gasteiger partial charge in [-0.15, -0.1) is 0 Å². The predicted molar refractivity (Wildman–Crippen MR) is 115 cm³/mol. The molecular weight excluding hydrogens is 406 g/mol. The Kier molecular flexibility index (Phi) is 6.82. The molecule has 0 spiro atoms. The molecule has 2 amide bonds. The van der Waals surface area contributed by atoms with Crippen molar-refractivity contribution in [1.29, 1.82) is 0 Å². The minimum atomic E-state index is -0.791. The summed E-state index contributed by atoms with van der Waals surface area (Å²) in [7, 11) is 3.78. The van der Waals surface area contributed by atoms with Gasteiger partial charge in [0.05, 0.1) is 11.9 Å². The van der Waals surface area contributed by atoms with Crippen molar-refractivity contribution in [2.24, 2.45) is 0 Å². The molecule has 0 aliphatic rings. The maximum absolute atomic E-state index is 12.1. The number of pyridine rings is 2. The number of hydrogen-bond acceptors (Lipinski definition) is 6. The van der Waals surface area contributed by atoms with Crippen LogP contribution in [-0.4, -0.2) is 35.9 Å². The third kappa shape index (κ3) is 5.92. The third-order valence-electron chi connectivity index (χ3n) is 3.96. The lowest BCUT2D eigenvalue weighted by atomic mass is 10.2. The zero-order chi connectivity index (χ0) is 21.5. The first-order valence-electron chi connectivity index (χ1n) is 9.01. The van der Waals surface area contributed by atoms with Crippen molar-refractivity contribution in [3.05, 3.63) is 71.5 Å². The molecule has 2 aromatic heterocycles. The minimum Gasteiger partial charge on any atom is -0.439 e. The predicted octanol–water partition coefficient (Wildman–Crippen LogP) is 3.24. The fourth-order valence-corrected chi connectivity index (χ4v) is 2.50. The van der Waals surface area contributed by atoms with Gasteiger partial charge < -0.3 is 20.3 Å². The number of carbonyl (C=O) groups is 2. The van der Waals surface area contributed by atoms with Crippen molar-refractivity contribution in [2.75, 3.05) is 24.3 Å². The Morgan fingerprint density at radius 3 is 2.33 bits per heavy atom. The topological polar surface area (TPSA) is 96.5 Å². The van der Waals surface area contributed by atoms with E-state index in [0.29, 0.717) is 22.3 Å². The summed E-state index contributed by atoms with van der Waals surface area (Å²) in [6, 6.07) is 13.7. The molecule has 0 atom stereocenters. The number of carbonyl (C=O) groups excluding carboxylic acids is 2. The fraction of sp³-hybridized carbons (Fsp3) is 0.143. The van der Waals surface area contributed by atoms with Crippen LogP contribution < -0.4 is 20.3 Å². The maximum Gasteiger partial charge on any atom is 0.313 e. The summed E-state index contributed by atoms with van der Waals surface area (Å²) < 4.78 is 5.58. The van der Waals surface area contributed by atoms with Gasteiger partial charge in [0.15, 0.2) is 0 Å². The van der Waals surface area contributed by atoms with E-state index in [9.17, 15) is 9.59 Å². The summed E-state index contributed by atoms with van der Waals surface area (Å²) in [5.41, 5.74) is 1.16. The zero-order valence-corrected chi connectivity index (χ0v) is 17.2. The number of rotatable bonds is 6. The van der Waals surface area contributed by atoms with Gasteiger partial charge >= 0.3 is 11.8 Å². The standard InChI is InChI=1S/C21H20ClN5O3/c1-27(2)18-9-3-14(11-23-18)12-25-20(28)21(29)26-16-6-10-19(24-13-16)30-17-7-4-15(22)5-8-17/h3-11,13H,12H2,1-2H3,(H,25,28)(H,26,29). The van der Waals surface area contributed by atoms with Crippen LogP contribution in [0.4, 0.5) is 11.5 Å². The second kappa shape index (κ2) is 9.71. The number of amides is 2. The summed E-state index contributed by atoms with van der Waals surface area (Å²) in [6.45, 7) is 0.194. The number of halogens is 1. The van der Waals surface area contributed by atoms with Crippen LogP contribution >= 0.6 is 11.6 Å². The average Bonchev–Trinajstić information content (AvgIpc) is 2.75. The van der Waals surface area contributed by atoms with Crippen molar-refractivity contribution >= 4 is 34.9 Å². The van der Waals surface area contributed by atoms with E-state index in [1.54, 1.807) is 42.6 Å². The molecule has 0 aliphatic carbocycles. The van der Waals surface area contributed by atoms with Gasteiger partial charge in [-0.05, 0) is 42.0 Å². The van der Waals surface area contributed by atoms with Crippen molar-refractivity contribution in [1.82, 2.24) is 15.3 Å². The van der Waals surface area contributed by atoms with Gasteiger partial charge in [-0.1, -0.05) is 17.7 Å². The number of ether oxygens (including phenoxy) is 1. The molecule has 30 heavy (non-hydrogen) atoms. The van der Waals surface area contributed by atoms with E-state index < -0.39 is 11.8 Å². The highest BCUT2D eigenvalue weighted by Crippen LogP contribution is 2.22. The Labute approximate surface area is 178 Å². The third-order valence-corrected chi connectivity index (χ3v) is 4.21. The van der Waals surface area contributed by atoms with Crippen LogP contribution in [0.25, 0.3) is 0 Å². The van der Waals surface area contributed by atoms with E-state index in [0.717, 1.165) is 11.4 Å². The number of nitrogens with zero attached hydrogens (tertiary/aromatic N) is 3. The molecule has 3 aromatic rings. The summed E-state index contributed by atoms with van der Waals surface area (Å²) >= 11 is 5.84. The van der Waals surface area contributed by atoms with Crippen molar-refractivity contribution < 1.29 is 14.3 Å². The van der Waals surface area contributed by atoms with Gasteiger partial charge in [0.2, 0.25) is 5.88 Å². The highest BCUT2D eigenvalue weighted by Gasteiger charge is 2.14. The second-order valence-electron chi connectivity index (χ2n) is 6.50. The van der Waals surface area contributed by atoms with Crippen LogP contribution in [0.3, 0.4) is 0 Å². The largest absolute Gasteiger partial charge is 0.439 e. The highest BCUT2D eigenvalue weighted by molar-refractivity contribution is 6.39. The first kappa shape index (κ1) is 21.1. The van der Waals surface area contributed by atoms with E-state index in [2.05, 4.69) is 20.6 Å². The molecule has 0 saturated heterocycles. The molecule has 0 bridgehead atoms. The van der Waals surface area contributed by atoms with Crippen LogP contribution in [0.2, 0.25) is 5.02 Å². The lowest BCUT2D eigenvalue weighted by molar-refractivity contribution is -0.136. The van der Waals surface area contributed by atoms with Gasteiger partial charge in [0, 0.05) is 37.9 Å². The monoisotopic (exact) mass is 425 g/mol. The van der Waals surface area contributed by atoms with Crippen LogP contribution in [0, 0.1) is 0 Å². The number of hydrogen-bond donors (Lipinski definition) is 2. The highest BCUT2D eigenvalue weighted by atomic mass is 35.5. The molecule has 2 heterocycles. The molecule has 1 aromatic carbocycles. The van der Waals surface area contributed by atoms with Gasteiger partial charge in [0.25, 0.3) is 0 Å². The summed E-state index contributed by atoms with van der Waals surface area (Å²) in [6.07, 6.45) is 3.05. The minimum absolute atomic E-state index is 0.194. The Morgan fingerprint density at radius 2 is 1.73 bits per heavy atom. The van der Waals surface area contributed by atoms with Crippen LogP contribution in [0.1, 0.15) is 5.56 Å². The zero-order valence-electron chi connectivity index (χ0n) is 16.4. The quantitative estimate of drug-likeness (QED) is 0.588. The molecule has 0 saturated carbocycles. The second-order valence-corrected chi connectivity index (χ2v) is 6.93. The Hall–Kier alpha value is -3.65. The van der Waals surface area contributed by atoms with Gasteiger partial charge in [0.1, 0.15) is 11.6 Å². The number of benzene rings is 1. The Balaban J connectivity index is 1.49. The molecular formula is C21H20ClN5O3. The molecule has 3 rings (SSSR count). The molecule has 0 fully saturated rings. The van der Waals surface area contributed by atoms with E-state index in [-0.39, 0.29) is 6.54 Å². The van der Waals surface area contributed by atoms with Crippen molar-refractivity contribution in [3.63, 3.8) is 0 Å². The van der Waals surface area contributed by atoms with Gasteiger partial charge in [-0.2, -0.15) is 0 Å². The smallest absolute Gasteiger partial charge is 0.313 e. The Morgan fingerprint density at radius 1 is 0.967 bits per heavy atom. The summed E-state index contributed by atoms with van der Waals surface area (Å²) in [4.78, 5) is 34.3. The van der Waals surface area contributed by atoms with Gasteiger partial charge in [-0.3, -0.25) is 9.59 Å². The van der Waals surface area contributed by atoms with Gasteiger partial charge in [-0.25, -0.2) is 9.97 Å². The van der Waals surface area contributed by atoms with Crippen LogP contribution in [0.5, 0.6) is 11.6 Å². The molecule has 0 radical (unpaired) electrons. The molecule has 8 nitrogen and oxygen atoms in total. The van der Waals surface area contributed by atoms with E-state index in [4.69, 9.17) is 16.3 Å². The van der Waals surface area contributed by atoms with E-state index in [1.807, 2.05) is 31.1 Å². The van der Waals surface area contributed by atoms with Crippen LogP contribution in [-0.2, 0) is 16.1 Å². The first-order chi connectivity index (χ1) is 14.4. The lowest BCUT2D eigenvalue weighted by Crippen LogP contribution is -2.35. The summed E-state index contributed by atoms with van der Waals surface area (Å²) in [5, 5.41) is 5.65. The lowest BCUT2D eigenvalue weighted by Gasteiger charge is -2.11. The first-order valence-corrected chi connectivity index (χ1v) is 9.39.